The fourth-order valence-corrected chi connectivity index (χ4v) is 3.84. The van der Waals surface area contributed by atoms with Crippen LogP contribution in [0.15, 0.2) is 58.8 Å². The quantitative estimate of drug-likeness (QED) is 0.337. The van der Waals surface area contributed by atoms with Crippen LogP contribution in [0.4, 0.5) is 0 Å². The van der Waals surface area contributed by atoms with Crippen LogP contribution >= 0.6 is 35.0 Å². The molecule has 0 bridgehead atoms. The van der Waals surface area contributed by atoms with Gasteiger partial charge in [-0.05, 0) is 37.3 Å². The lowest BCUT2D eigenvalue weighted by atomic mass is 10.3. The van der Waals surface area contributed by atoms with E-state index in [-0.39, 0.29) is 11.7 Å². The molecular formula is C20H20Cl2N4O3S. The number of hydrogen-bond donors (Lipinski definition) is 1. The Labute approximate surface area is 188 Å². The minimum absolute atomic E-state index is 0.136. The minimum Gasteiger partial charge on any atom is -0.481 e. The molecule has 0 saturated heterocycles. The van der Waals surface area contributed by atoms with Gasteiger partial charge in [-0.15, -0.1) is 16.8 Å². The third-order valence-electron chi connectivity index (χ3n) is 3.99. The second-order valence-electron chi connectivity index (χ2n) is 6.22. The molecule has 7 nitrogen and oxygen atoms in total. The maximum atomic E-state index is 12.1. The van der Waals surface area contributed by atoms with Gasteiger partial charge in [-0.1, -0.05) is 41.0 Å². The Hall–Kier alpha value is -2.42. The Bertz CT molecular complexity index is 1010. The van der Waals surface area contributed by atoms with Crippen molar-refractivity contribution in [1.29, 1.82) is 0 Å². The van der Waals surface area contributed by atoms with E-state index in [0.717, 1.165) is 0 Å². The SMILES string of the molecule is C=CCn1c(SCC(=O)NCc2ccco2)nnc1C(C)Oc1ccc(Cl)cc1Cl. The zero-order chi connectivity index (χ0) is 21.5. The molecule has 30 heavy (non-hydrogen) atoms. The summed E-state index contributed by atoms with van der Waals surface area (Å²) in [5.41, 5.74) is 0. The van der Waals surface area contributed by atoms with E-state index in [9.17, 15) is 4.79 Å². The van der Waals surface area contributed by atoms with E-state index in [2.05, 4.69) is 22.1 Å². The number of furan rings is 1. The first-order chi connectivity index (χ1) is 14.5. The maximum absolute atomic E-state index is 12.1. The van der Waals surface area contributed by atoms with Gasteiger partial charge in [-0.25, -0.2) is 0 Å². The molecule has 0 aliphatic heterocycles. The number of hydrogen-bond acceptors (Lipinski definition) is 6. The monoisotopic (exact) mass is 466 g/mol. The van der Waals surface area contributed by atoms with Crippen LogP contribution in [-0.4, -0.2) is 26.4 Å². The molecule has 2 aromatic heterocycles. The molecule has 10 heteroatoms. The highest BCUT2D eigenvalue weighted by atomic mass is 35.5. The van der Waals surface area contributed by atoms with E-state index in [1.165, 1.54) is 11.8 Å². The number of aromatic nitrogens is 3. The molecule has 0 saturated carbocycles. The smallest absolute Gasteiger partial charge is 0.230 e. The minimum atomic E-state index is -0.432. The van der Waals surface area contributed by atoms with Gasteiger partial charge in [0.15, 0.2) is 17.1 Å². The van der Waals surface area contributed by atoms with Crippen molar-refractivity contribution in [2.45, 2.75) is 31.3 Å². The van der Waals surface area contributed by atoms with Gasteiger partial charge in [0.25, 0.3) is 0 Å². The Morgan fingerprint density at radius 2 is 2.23 bits per heavy atom. The second kappa shape index (κ2) is 10.6. The van der Waals surface area contributed by atoms with Gasteiger partial charge in [0.1, 0.15) is 11.5 Å². The number of amides is 1. The molecule has 3 aromatic rings. The summed E-state index contributed by atoms with van der Waals surface area (Å²) in [7, 11) is 0. The molecule has 0 fully saturated rings. The highest BCUT2D eigenvalue weighted by Crippen LogP contribution is 2.31. The summed E-state index contributed by atoms with van der Waals surface area (Å²) < 4.78 is 13.0. The van der Waals surface area contributed by atoms with Gasteiger partial charge in [-0.3, -0.25) is 9.36 Å². The number of benzene rings is 1. The van der Waals surface area contributed by atoms with Gasteiger partial charge >= 0.3 is 0 Å². The van der Waals surface area contributed by atoms with E-state index in [4.69, 9.17) is 32.4 Å². The standard InChI is InChI=1S/C20H20Cl2N4O3S/c1-3-8-26-19(13(2)29-17-7-6-14(21)10-16(17)22)24-25-20(26)30-12-18(27)23-11-15-5-4-9-28-15/h3-7,9-10,13H,1,8,11-12H2,2H3,(H,23,27). The molecule has 1 unspecified atom stereocenters. The van der Waals surface area contributed by atoms with Crippen LogP contribution in [0, 0.1) is 0 Å². The molecule has 2 heterocycles. The van der Waals surface area contributed by atoms with Crippen molar-refractivity contribution in [2.75, 3.05) is 5.75 Å². The van der Waals surface area contributed by atoms with Gasteiger partial charge in [0.05, 0.1) is 23.6 Å². The zero-order valence-corrected chi connectivity index (χ0v) is 18.5. The number of allylic oxidation sites excluding steroid dienone is 1. The molecule has 0 aliphatic carbocycles. The molecule has 1 N–H and O–H groups in total. The molecule has 158 valence electrons. The van der Waals surface area contributed by atoms with Crippen LogP contribution in [0.3, 0.4) is 0 Å². The maximum Gasteiger partial charge on any atom is 0.230 e. The molecule has 3 rings (SSSR count). The number of nitrogens with one attached hydrogen (secondary N) is 1. The number of nitrogens with zero attached hydrogens (tertiary/aromatic N) is 3. The summed E-state index contributed by atoms with van der Waals surface area (Å²) in [6, 6.07) is 8.59. The predicted molar refractivity (Wildman–Crippen MR) is 117 cm³/mol. The summed E-state index contributed by atoms with van der Waals surface area (Å²) in [5, 5.41) is 12.8. The van der Waals surface area contributed by atoms with Crippen LogP contribution in [-0.2, 0) is 17.9 Å². The van der Waals surface area contributed by atoms with Crippen molar-refractivity contribution >= 4 is 40.9 Å². The Balaban J connectivity index is 1.64. The Morgan fingerprint density at radius 3 is 2.93 bits per heavy atom. The second-order valence-corrected chi connectivity index (χ2v) is 8.01. The number of thioether (sulfide) groups is 1. The number of rotatable bonds is 10. The molecular weight excluding hydrogens is 447 g/mol. The zero-order valence-electron chi connectivity index (χ0n) is 16.2. The van der Waals surface area contributed by atoms with Crippen molar-refractivity contribution < 1.29 is 13.9 Å². The number of carbonyl (C=O) groups is 1. The van der Waals surface area contributed by atoms with Crippen LogP contribution in [0.25, 0.3) is 0 Å². The van der Waals surface area contributed by atoms with Crippen LogP contribution in [0.1, 0.15) is 24.6 Å². The Kier molecular flexibility index (Phi) is 7.84. The van der Waals surface area contributed by atoms with Crippen LogP contribution in [0.2, 0.25) is 10.0 Å². The fraction of sp³-hybridized carbons (Fsp3) is 0.250. The molecule has 0 aliphatic rings. The molecule has 1 amide bonds. The van der Waals surface area contributed by atoms with E-state index < -0.39 is 6.10 Å². The summed E-state index contributed by atoms with van der Waals surface area (Å²) >= 11 is 13.4. The van der Waals surface area contributed by atoms with Crippen LogP contribution < -0.4 is 10.1 Å². The van der Waals surface area contributed by atoms with Crippen LogP contribution in [0.5, 0.6) is 5.75 Å². The number of carbonyl (C=O) groups excluding carboxylic acids is 1. The number of halogens is 2. The van der Waals surface area contributed by atoms with Crippen molar-refractivity contribution in [3.63, 3.8) is 0 Å². The lowest BCUT2D eigenvalue weighted by molar-refractivity contribution is -0.118. The van der Waals surface area contributed by atoms with Crippen molar-refractivity contribution in [2.24, 2.45) is 0 Å². The molecule has 0 radical (unpaired) electrons. The summed E-state index contributed by atoms with van der Waals surface area (Å²) in [6.07, 6.45) is 2.87. The highest BCUT2D eigenvalue weighted by Gasteiger charge is 2.20. The summed E-state index contributed by atoms with van der Waals surface area (Å²) in [5.74, 6) is 1.84. The molecule has 0 spiro atoms. The predicted octanol–water partition coefficient (Wildman–Crippen LogP) is 4.91. The summed E-state index contributed by atoms with van der Waals surface area (Å²) in [6.45, 7) is 6.44. The first-order valence-corrected chi connectivity index (χ1v) is 10.8. The first kappa shape index (κ1) is 22.3. The topological polar surface area (TPSA) is 82.2 Å². The highest BCUT2D eigenvalue weighted by molar-refractivity contribution is 7.99. The Morgan fingerprint density at radius 1 is 1.40 bits per heavy atom. The van der Waals surface area contributed by atoms with Gasteiger partial charge in [-0.2, -0.15) is 0 Å². The van der Waals surface area contributed by atoms with Crippen molar-refractivity contribution in [3.8, 4) is 5.75 Å². The van der Waals surface area contributed by atoms with E-state index in [0.29, 0.717) is 45.6 Å². The summed E-state index contributed by atoms with van der Waals surface area (Å²) in [4.78, 5) is 12.1. The average molecular weight is 467 g/mol. The van der Waals surface area contributed by atoms with Gasteiger partial charge in [0.2, 0.25) is 5.91 Å². The van der Waals surface area contributed by atoms with Crippen molar-refractivity contribution in [3.05, 3.63) is 70.9 Å². The third-order valence-corrected chi connectivity index (χ3v) is 5.49. The molecule has 1 aromatic carbocycles. The van der Waals surface area contributed by atoms with E-state index in [1.54, 1.807) is 42.7 Å². The average Bonchev–Trinajstić information content (AvgIpc) is 3.37. The van der Waals surface area contributed by atoms with E-state index >= 15 is 0 Å². The molecule has 1 atom stereocenters. The normalized spacial score (nSPS) is 11.8. The first-order valence-electron chi connectivity index (χ1n) is 9.05. The van der Waals surface area contributed by atoms with E-state index in [1.807, 2.05) is 11.5 Å². The fourth-order valence-electron chi connectivity index (χ4n) is 2.60. The largest absolute Gasteiger partial charge is 0.481 e. The third kappa shape index (κ3) is 5.81. The van der Waals surface area contributed by atoms with Gasteiger partial charge < -0.3 is 14.5 Å². The number of ether oxygens (including phenoxy) is 1. The lowest BCUT2D eigenvalue weighted by Gasteiger charge is -2.16. The van der Waals surface area contributed by atoms with Crippen molar-refractivity contribution in [1.82, 2.24) is 20.1 Å². The van der Waals surface area contributed by atoms with Gasteiger partial charge in [0, 0.05) is 11.6 Å². The lowest BCUT2D eigenvalue weighted by Crippen LogP contribution is -2.24.